The van der Waals surface area contributed by atoms with E-state index in [4.69, 9.17) is 0 Å². The van der Waals surface area contributed by atoms with E-state index < -0.39 is 0 Å². The largest absolute Gasteiger partial charge is 0.310 e. The predicted octanol–water partition coefficient (Wildman–Crippen LogP) is 16.5. The summed E-state index contributed by atoms with van der Waals surface area (Å²) >= 11 is 0. The third-order valence-electron chi connectivity index (χ3n) is 12.2. The van der Waals surface area contributed by atoms with E-state index in [-0.39, 0.29) is 10.8 Å². The molecule has 0 amide bonds. The molecule has 0 aliphatic heterocycles. The summed E-state index contributed by atoms with van der Waals surface area (Å²) in [5, 5.41) is 5.06. The third kappa shape index (κ3) is 6.64. The van der Waals surface area contributed by atoms with Gasteiger partial charge in [0.15, 0.2) is 0 Å². The molecular formula is C56H53N. The van der Waals surface area contributed by atoms with Gasteiger partial charge in [0.1, 0.15) is 0 Å². The molecule has 0 aromatic heterocycles. The van der Waals surface area contributed by atoms with Crippen LogP contribution in [0.2, 0.25) is 0 Å². The van der Waals surface area contributed by atoms with E-state index in [0.29, 0.717) is 5.92 Å². The van der Waals surface area contributed by atoms with Gasteiger partial charge < -0.3 is 4.90 Å². The van der Waals surface area contributed by atoms with Crippen molar-refractivity contribution in [2.75, 3.05) is 4.90 Å². The molecule has 1 aliphatic rings. The molecule has 0 heterocycles. The van der Waals surface area contributed by atoms with Gasteiger partial charge >= 0.3 is 0 Å². The van der Waals surface area contributed by atoms with Crippen LogP contribution in [0.5, 0.6) is 0 Å². The molecule has 9 rings (SSSR count). The molecule has 0 spiro atoms. The fraction of sp³-hybridized carbons (Fsp3) is 0.214. The molecule has 282 valence electrons. The van der Waals surface area contributed by atoms with Gasteiger partial charge in [0.25, 0.3) is 0 Å². The highest BCUT2D eigenvalue weighted by Gasteiger charge is 2.26. The lowest BCUT2D eigenvalue weighted by atomic mass is 9.77. The maximum absolute atomic E-state index is 2.43. The topological polar surface area (TPSA) is 3.24 Å². The summed E-state index contributed by atoms with van der Waals surface area (Å²) in [7, 11) is 0. The molecule has 0 N–H and O–H groups in total. The highest BCUT2D eigenvalue weighted by atomic mass is 15.1. The number of hydrogen-bond acceptors (Lipinski definition) is 1. The molecule has 0 unspecified atom stereocenters. The van der Waals surface area contributed by atoms with Crippen LogP contribution in [0.3, 0.4) is 0 Å². The monoisotopic (exact) mass is 739 g/mol. The van der Waals surface area contributed by atoms with Crippen molar-refractivity contribution in [1.82, 2.24) is 0 Å². The van der Waals surface area contributed by atoms with Gasteiger partial charge in [0, 0.05) is 17.1 Å². The van der Waals surface area contributed by atoms with Gasteiger partial charge in [-0.15, -0.1) is 0 Å². The average Bonchev–Trinajstić information content (AvgIpc) is 3.19. The molecule has 8 aromatic carbocycles. The minimum Gasteiger partial charge on any atom is -0.310 e. The Morgan fingerprint density at radius 3 is 1.35 bits per heavy atom. The first-order valence-electron chi connectivity index (χ1n) is 20.6. The Labute approximate surface area is 339 Å². The van der Waals surface area contributed by atoms with E-state index in [1.54, 1.807) is 0 Å². The van der Waals surface area contributed by atoms with Gasteiger partial charge in [0.05, 0.1) is 0 Å². The Bertz CT molecular complexity index is 2820. The Kier molecular flexibility index (Phi) is 8.78. The van der Waals surface area contributed by atoms with Crippen LogP contribution in [-0.2, 0) is 10.8 Å². The Balaban J connectivity index is 1.16. The number of benzene rings is 8. The van der Waals surface area contributed by atoms with Crippen LogP contribution >= 0.6 is 0 Å². The summed E-state index contributed by atoms with van der Waals surface area (Å²) in [5.41, 5.74) is 19.4. The van der Waals surface area contributed by atoms with Crippen LogP contribution in [0.4, 0.5) is 17.1 Å². The summed E-state index contributed by atoms with van der Waals surface area (Å²) in [5.74, 6) is 0.451. The first kappa shape index (κ1) is 36.7. The Morgan fingerprint density at radius 1 is 0.404 bits per heavy atom. The van der Waals surface area contributed by atoms with Gasteiger partial charge in [0.2, 0.25) is 0 Å². The fourth-order valence-electron chi connectivity index (χ4n) is 8.64. The molecule has 1 heteroatoms. The lowest BCUT2D eigenvalue weighted by Crippen LogP contribution is -2.11. The zero-order valence-electron chi connectivity index (χ0n) is 35.0. The van der Waals surface area contributed by atoms with Gasteiger partial charge in [-0.3, -0.25) is 0 Å². The summed E-state index contributed by atoms with van der Waals surface area (Å²) in [6.07, 6.45) is 0. The number of fused-ring (bicyclic) bond motifs is 6. The molecule has 1 aliphatic carbocycles. The Morgan fingerprint density at radius 2 is 0.860 bits per heavy atom. The molecular weight excluding hydrogens is 687 g/mol. The maximum atomic E-state index is 2.43. The number of anilines is 3. The summed E-state index contributed by atoms with van der Waals surface area (Å²) in [6, 6.07) is 57.7. The van der Waals surface area contributed by atoms with Crippen molar-refractivity contribution in [3.63, 3.8) is 0 Å². The third-order valence-corrected chi connectivity index (χ3v) is 12.2. The first-order valence-corrected chi connectivity index (χ1v) is 20.6. The molecule has 0 fully saturated rings. The van der Waals surface area contributed by atoms with Crippen molar-refractivity contribution in [3.8, 4) is 44.5 Å². The minimum atomic E-state index is 0.103. The van der Waals surface area contributed by atoms with E-state index in [1.165, 1.54) is 105 Å². The second-order valence-electron chi connectivity index (χ2n) is 18.6. The lowest BCUT2D eigenvalue weighted by Gasteiger charge is -2.29. The molecule has 0 bridgehead atoms. The molecule has 8 aromatic rings. The van der Waals surface area contributed by atoms with Crippen LogP contribution in [0.25, 0.3) is 66.1 Å². The summed E-state index contributed by atoms with van der Waals surface area (Å²) in [4.78, 5) is 2.42. The van der Waals surface area contributed by atoms with Crippen molar-refractivity contribution >= 4 is 38.6 Å². The van der Waals surface area contributed by atoms with Gasteiger partial charge in [-0.1, -0.05) is 140 Å². The first-order chi connectivity index (χ1) is 27.2. The van der Waals surface area contributed by atoms with E-state index in [0.717, 1.165) is 0 Å². The van der Waals surface area contributed by atoms with Crippen molar-refractivity contribution in [1.29, 1.82) is 0 Å². The highest BCUT2D eigenvalue weighted by molar-refractivity contribution is 6.13. The lowest BCUT2D eigenvalue weighted by molar-refractivity contribution is 0.590. The molecule has 0 saturated carbocycles. The number of para-hydroxylation sites is 1. The number of rotatable bonds is 6. The quantitative estimate of drug-likeness (QED) is 0.164. The number of aryl methyl sites for hydroxylation is 1. The molecule has 0 radical (unpaired) electrons. The van der Waals surface area contributed by atoms with E-state index in [2.05, 4.69) is 219 Å². The zero-order chi connectivity index (χ0) is 39.8. The standard InChI is InChI=1S/C56H53N/c1-35(2)39-14-12-15-46(27-39)57(54-16-11-10-13-36(54)3)47-26-21-40-29-50-51(32-41(40)28-47)53-34-43-31-49(38-19-24-45(25-20-38)56(7,8)9)48(30-42(43)33-52(50)53)37-17-22-44(23-18-37)55(4,5)6/h10-35H,1-9H3. The van der Waals surface area contributed by atoms with Crippen molar-refractivity contribution in [3.05, 3.63) is 174 Å². The van der Waals surface area contributed by atoms with E-state index in [9.17, 15) is 0 Å². The van der Waals surface area contributed by atoms with Crippen LogP contribution in [0.1, 0.15) is 83.6 Å². The van der Waals surface area contributed by atoms with Crippen molar-refractivity contribution < 1.29 is 0 Å². The van der Waals surface area contributed by atoms with E-state index in [1.807, 2.05) is 0 Å². The second kappa shape index (κ2) is 13.6. The fourth-order valence-corrected chi connectivity index (χ4v) is 8.64. The van der Waals surface area contributed by atoms with Gasteiger partial charge in [-0.25, -0.2) is 0 Å². The van der Waals surface area contributed by atoms with Crippen molar-refractivity contribution in [2.45, 2.75) is 79.1 Å². The zero-order valence-corrected chi connectivity index (χ0v) is 35.0. The van der Waals surface area contributed by atoms with Crippen LogP contribution in [0.15, 0.2) is 152 Å². The maximum Gasteiger partial charge on any atom is 0.0490 e. The molecule has 1 nitrogen and oxygen atoms in total. The highest BCUT2D eigenvalue weighted by Crippen LogP contribution is 2.52. The SMILES string of the molecule is Cc1ccccc1N(c1cccc(C(C)C)c1)c1ccc2cc3c(cc2c1)-c1cc2cc(-c4ccc(C(C)(C)C)cc4)c(-c4ccc(C(C)(C)C)cc4)cc2cc1-3. The van der Waals surface area contributed by atoms with Crippen LogP contribution in [-0.4, -0.2) is 0 Å². The Hall–Kier alpha value is -5.92. The van der Waals surface area contributed by atoms with Crippen molar-refractivity contribution in [2.24, 2.45) is 0 Å². The van der Waals surface area contributed by atoms with Gasteiger partial charge in [-0.2, -0.15) is 0 Å². The molecule has 57 heavy (non-hydrogen) atoms. The normalized spacial score (nSPS) is 12.5. The number of nitrogens with zero attached hydrogens (tertiary/aromatic N) is 1. The smallest absolute Gasteiger partial charge is 0.0490 e. The van der Waals surface area contributed by atoms with E-state index >= 15 is 0 Å². The van der Waals surface area contributed by atoms with Crippen LogP contribution < -0.4 is 4.90 Å². The van der Waals surface area contributed by atoms with Gasteiger partial charge in [-0.05, 0) is 179 Å². The van der Waals surface area contributed by atoms with Crippen LogP contribution in [0, 0.1) is 6.92 Å². The molecule has 0 saturated heterocycles. The second-order valence-corrected chi connectivity index (χ2v) is 18.6. The average molecular weight is 740 g/mol. The molecule has 0 atom stereocenters. The summed E-state index contributed by atoms with van der Waals surface area (Å²) < 4.78 is 0. The number of hydrogen-bond donors (Lipinski definition) is 0. The predicted molar refractivity (Wildman–Crippen MR) is 248 cm³/mol. The minimum absolute atomic E-state index is 0.103. The summed E-state index contributed by atoms with van der Waals surface area (Å²) in [6.45, 7) is 20.4.